The van der Waals surface area contributed by atoms with E-state index >= 15 is 0 Å². The van der Waals surface area contributed by atoms with Gasteiger partial charge in [-0.15, -0.1) is 0 Å². The van der Waals surface area contributed by atoms with Gasteiger partial charge in [-0.05, 0) is 43.4 Å². The Bertz CT molecular complexity index is 550. The van der Waals surface area contributed by atoms with Gasteiger partial charge in [0.25, 0.3) is 0 Å². The van der Waals surface area contributed by atoms with Crippen LogP contribution in [0.1, 0.15) is 37.7 Å². The SMILES string of the molecule is COc1ccc(CCO[C@H]2CCCC[C@@H]2N2CC[C@H](O)C2)cc1OC. The summed E-state index contributed by atoms with van der Waals surface area (Å²) in [6.07, 6.45) is 6.73. The van der Waals surface area contributed by atoms with Crippen molar-refractivity contribution in [1.82, 2.24) is 4.90 Å². The normalized spacial score (nSPS) is 27.4. The van der Waals surface area contributed by atoms with Crippen molar-refractivity contribution >= 4 is 0 Å². The van der Waals surface area contributed by atoms with Crippen molar-refractivity contribution in [2.75, 3.05) is 33.9 Å². The van der Waals surface area contributed by atoms with Crippen LogP contribution in [0.25, 0.3) is 0 Å². The van der Waals surface area contributed by atoms with Gasteiger partial charge in [0.15, 0.2) is 11.5 Å². The molecule has 1 saturated heterocycles. The molecule has 0 aromatic heterocycles. The quantitative estimate of drug-likeness (QED) is 0.820. The maximum atomic E-state index is 9.83. The number of nitrogens with zero attached hydrogens (tertiary/aromatic N) is 1. The first-order valence-corrected chi connectivity index (χ1v) is 9.46. The number of hydrogen-bond donors (Lipinski definition) is 1. The third-order valence-electron chi connectivity index (χ3n) is 5.50. The highest BCUT2D eigenvalue weighted by atomic mass is 16.5. The molecule has 1 aliphatic heterocycles. The summed E-state index contributed by atoms with van der Waals surface area (Å²) in [5.41, 5.74) is 1.20. The van der Waals surface area contributed by atoms with Crippen LogP contribution in [0.4, 0.5) is 0 Å². The van der Waals surface area contributed by atoms with E-state index in [2.05, 4.69) is 11.0 Å². The van der Waals surface area contributed by atoms with Gasteiger partial charge in [0.05, 0.1) is 33.0 Å². The predicted octanol–water partition coefficient (Wildman–Crippen LogP) is 2.64. The van der Waals surface area contributed by atoms with Crippen molar-refractivity contribution in [3.05, 3.63) is 23.8 Å². The lowest BCUT2D eigenvalue weighted by molar-refractivity contribution is -0.0316. The van der Waals surface area contributed by atoms with E-state index < -0.39 is 0 Å². The minimum absolute atomic E-state index is 0.158. The van der Waals surface area contributed by atoms with Crippen LogP contribution < -0.4 is 9.47 Å². The van der Waals surface area contributed by atoms with E-state index in [1.54, 1.807) is 14.2 Å². The van der Waals surface area contributed by atoms with Gasteiger partial charge in [0.2, 0.25) is 0 Å². The zero-order chi connectivity index (χ0) is 17.6. The molecule has 2 aliphatic rings. The van der Waals surface area contributed by atoms with Crippen LogP contribution in [-0.4, -0.2) is 62.2 Å². The molecule has 2 fully saturated rings. The second-order valence-corrected chi connectivity index (χ2v) is 7.14. The van der Waals surface area contributed by atoms with Crippen LogP contribution in [0, 0.1) is 0 Å². The first-order valence-electron chi connectivity index (χ1n) is 9.46. The lowest BCUT2D eigenvalue weighted by Crippen LogP contribution is -2.46. The Morgan fingerprint density at radius 3 is 2.60 bits per heavy atom. The first kappa shape index (κ1) is 18.5. The number of benzene rings is 1. The monoisotopic (exact) mass is 349 g/mol. The summed E-state index contributed by atoms with van der Waals surface area (Å²) in [6.45, 7) is 2.52. The molecule has 1 aromatic carbocycles. The molecule has 0 radical (unpaired) electrons. The van der Waals surface area contributed by atoms with Gasteiger partial charge in [-0.1, -0.05) is 18.9 Å². The topological polar surface area (TPSA) is 51.2 Å². The maximum absolute atomic E-state index is 9.83. The zero-order valence-corrected chi connectivity index (χ0v) is 15.4. The molecule has 140 valence electrons. The van der Waals surface area contributed by atoms with Gasteiger partial charge in [0, 0.05) is 19.1 Å². The summed E-state index contributed by atoms with van der Waals surface area (Å²) in [5.74, 6) is 1.52. The number of aliphatic hydroxyl groups excluding tert-OH is 1. The zero-order valence-electron chi connectivity index (χ0n) is 15.4. The van der Waals surface area contributed by atoms with E-state index in [4.69, 9.17) is 14.2 Å². The highest BCUT2D eigenvalue weighted by molar-refractivity contribution is 5.42. The van der Waals surface area contributed by atoms with Crippen molar-refractivity contribution in [2.24, 2.45) is 0 Å². The Hall–Kier alpha value is -1.30. The second kappa shape index (κ2) is 8.88. The average molecular weight is 349 g/mol. The van der Waals surface area contributed by atoms with Gasteiger partial charge in [-0.25, -0.2) is 0 Å². The third kappa shape index (κ3) is 4.66. The number of rotatable bonds is 7. The molecule has 5 heteroatoms. The fourth-order valence-corrected chi connectivity index (χ4v) is 4.12. The van der Waals surface area contributed by atoms with Crippen molar-refractivity contribution in [2.45, 2.75) is 56.8 Å². The molecule has 0 unspecified atom stereocenters. The van der Waals surface area contributed by atoms with Crippen LogP contribution in [0.5, 0.6) is 11.5 Å². The molecule has 25 heavy (non-hydrogen) atoms. The molecule has 1 saturated carbocycles. The molecule has 3 atom stereocenters. The molecule has 1 aromatic rings. The van der Waals surface area contributed by atoms with Crippen LogP contribution in [0.15, 0.2) is 18.2 Å². The number of hydrogen-bond acceptors (Lipinski definition) is 5. The van der Waals surface area contributed by atoms with Gasteiger partial charge in [-0.2, -0.15) is 0 Å². The smallest absolute Gasteiger partial charge is 0.160 e. The summed E-state index contributed by atoms with van der Waals surface area (Å²) in [5, 5.41) is 9.83. The van der Waals surface area contributed by atoms with Crippen LogP contribution in [0.2, 0.25) is 0 Å². The van der Waals surface area contributed by atoms with Crippen molar-refractivity contribution in [3.63, 3.8) is 0 Å². The maximum Gasteiger partial charge on any atom is 0.160 e. The number of methoxy groups -OCH3 is 2. The van der Waals surface area contributed by atoms with Crippen LogP contribution in [-0.2, 0) is 11.2 Å². The summed E-state index contributed by atoms with van der Waals surface area (Å²) in [7, 11) is 3.31. The lowest BCUT2D eigenvalue weighted by Gasteiger charge is -2.37. The fraction of sp³-hybridized carbons (Fsp3) is 0.700. The molecule has 1 heterocycles. The Morgan fingerprint density at radius 1 is 1.08 bits per heavy atom. The van der Waals surface area contributed by atoms with Crippen molar-refractivity contribution in [3.8, 4) is 11.5 Å². The summed E-state index contributed by atoms with van der Waals surface area (Å²) < 4.78 is 16.9. The summed E-state index contributed by atoms with van der Waals surface area (Å²) >= 11 is 0. The van der Waals surface area contributed by atoms with Gasteiger partial charge in [0.1, 0.15) is 0 Å². The van der Waals surface area contributed by atoms with Crippen LogP contribution in [0.3, 0.4) is 0 Å². The predicted molar refractivity (Wildman–Crippen MR) is 97.4 cm³/mol. The minimum atomic E-state index is -0.158. The lowest BCUT2D eigenvalue weighted by atomic mass is 9.91. The molecule has 3 rings (SSSR count). The number of ether oxygens (including phenoxy) is 3. The molecule has 5 nitrogen and oxygen atoms in total. The Morgan fingerprint density at radius 2 is 1.88 bits per heavy atom. The molecule has 0 amide bonds. The second-order valence-electron chi connectivity index (χ2n) is 7.14. The van der Waals surface area contributed by atoms with Gasteiger partial charge in [-0.3, -0.25) is 4.90 Å². The fourth-order valence-electron chi connectivity index (χ4n) is 4.12. The molecule has 1 aliphatic carbocycles. The first-order chi connectivity index (χ1) is 12.2. The Balaban J connectivity index is 1.53. The minimum Gasteiger partial charge on any atom is -0.493 e. The number of likely N-dealkylation sites (tertiary alicyclic amines) is 1. The Kier molecular flexibility index (Phi) is 6.57. The van der Waals surface area contributed by atoms with E-state index in [9.17, 15) is 5.11 Å². The van der Waals surface area contributed by atoms with Crippen molar-refractivity contribution < 1.29 is 19.3 Å². The largest absolute Gasteiger partial charge is 0.493 e. The molecular formula is C20H31NO4. The van der Waals surface area contributed by atoms with Gasteiger partial charge < -0.3 is 19.3 Å². The Labute approximate surface area is 150 Å². The van der Waals surface area contributed by atoms with E-state index in [1.165, 1.54) is 24.8 Å². The molecule has 0 spiro atoms. The highest BCUT2D eigenvalue weighted by Gasteiger charge is 2.34. The highest BCUT2D eigenvalue weighted by Crippen LogP contribution is 2.30. The number of aliphatic hydroxyl groups is 1. The standard InChI is InChI=1S/C20H31NO4/c1-23-19-8-7-15(13-20(19)24-2)10-12-25-18-6-4-3-5-17(18)21-11-9-16(22)14-21/h7-8,13,16-18,22H,3-6,9-12,14H2,1-2H3/t16-,17-,18-/m0/s1. The van der Waals surface area contributed by atoms with Gasteiger partial charge >= 0.3 is 0 Å². The van der Waals surface area contributed by atoms with E-state index in [-0.39, 0.29) is 6.10 Å². The summed E-state index contributed by atoms with van der Waals surface area (Å²) in [4.78, 5) is 2.44. The molecule has 0 bridgehead atoms. The van der Waals surface area contributed by atoms with Crippen LogP contribution >= 0.6 is 0 Å². The average Bonchev–Trinajstić information content (AvgIpc) is 3.08. The molecule has 1 N–H and O–H groups in total. The summed E-state index contributed by atoms with van der Waals surface area (Å²) in [6, 6.07) is 6.51. The van der Waals surface area contributed by atoms with E-state index in [0.717, 1.165) is 43.9 Å². The molecular weight excluding hydrogens is 318 g/mol. The van der Waals surface area contributed by atoms with E-state index in [0.29, 0.717) is 18.8 Å². The number of β-amino-alcohol motifs (C(OH)–C–C–N with tert-alkyl or cyclic N) is 1. The third-order valence-corrected chi connectivity index (χ3v) is 5.50. The van der Waals surface area contributed by atoms with E-state index in [1.807, 2.05) is 12.1 Å². The van der Waals surface area contributed by atoms with Crippen molar-refractivity contribution in [1.29, 1.82) is 0 Å².